The molecule has 1 rings (SSSR count). The van der Waals surface area contributed by atoms with Crippen LogP contribution in [0.2, 0.25) is 0 Å². The Morgan fingerprint density at radius 2 is 2.12 bits per heavy atom. The molecule has 0 aliphatic carbocycles. The fourth-order valence-electron chi connectivity index (χ4n) is 2.22. The van der Waals surface area contributed by atoms with Gasteiger partial charge >= 0.3 is 6.09 Å². The second kappa shape index (κ2) is 4.62. The van der Waals surface area contributed by atoms with Crippen LogP contribution in [0.4, 0.5) is 4.79 Å². The Morgan fingerprint density at radius 1 is 1.50 bits per heavy atom. The van der Waals surface area contributed by atoms with Crippen molar-refractivity contribution in [3.63, 3.8) is 0 Å². The molecule has 0 bridgehead atoms. The summed E-state index contributed by atoms with van der Waals surface area (Å²) >= 11 is 0. The molecule has 1 atom stereocenters. The van der Waals surface area contributed by atoms with Gasteiger partial charge in [-0.15, -0.1) is 0 Å². The first-order valence-corrected chi connectivity index (χ1v) is 5.99. The molecule has 0 saturated carbocycles. The van der Waals surface area contributed by atoms with Gasteiger partial charge in [-0.2, -0.15) is 0 Å². The first-order chi connectivity index (χ1) is 7.28. The number of nitrogens with two attached hydrogens (primary N) is 1. The number of likely N-dealkylation sites (tertiary alicyclic amines) is 1. The quantitative estimate of drug-likeness (QED) is 0.787. The summed E-state index contributed by atoms with van der Waals surface area (Å²) in [6.45, 7) is 9.15. The molecule has 1 unspecified atom stereocenters. The smallest absolute Gasteiger partial charge is 0.410 e. The largest absolute Gasteiger partial charge is 0.444 e. The summed E-state index contributed by atoms with van der Waals surface area (Å²) < 4.78 is 5.41. The molecule has 1 heterocycles. The summed E-state index contributed by atoms with van der Waals surface area (Å²) in [5, 5.41) is 0. The van der Waals surface area contributed by atoms with Gasteiger partial charge in [-0.25, -0.2) is 4.79 Å². The van der Waals surface area contributed by atoms with Crippen LogP contribution >= 0.6 is 0 Å². The van der Waals surface area contributed by atoms with E-state index in [1.54, 1.807) is 0 Å². The molecular weight excluding hydrogens is 204 g/mol. The molecule has 1 fully saturated rings. The van der Waals surface area contributed by atoms with Gasteiger partial charge in [0.15, 0.2) is 0 Å². The van der Waals surface area contributed by atoms with E-state index in [1.165, 1.54) is 0 Å². The number of hydrogen-bond acceptors (Lipinski definition) is 3. The van der Waals surface area contributed by atoms with Crippen molar-refractivity contribution >= 4 is 6.09 Å². The number of nitrogens with zero attached hydrogens (tertiary/aromatic N) is 1. The summed E-state index contributed by atoms with van der Waals surface area (Å²) in [5.74, 6) is 0. The van der Waals surface area contributed by atoms with E-state index in [2.05, 4.69) is 6.92 Å². The van der Waals surface area contributed by atoms with E-state index in [-0.39, 0.29) is 11.6 Å². The van der Waals surface area contributed by atoms with Crippen molar-refractivity contribution in [3.05, 3.63) is 0 Å². The highest BCUT2D eigenvalue weighted by atomic mass is 16.6. The van der Waals surface area contributed by atoms with E-state index >= 15 is 0 Å². The van der Waals surface area contributed by atoms with Crippen LogP contribution in [-0.2, 0) is 4.74 Å². The van der Waals surface area contributed by atoms with Gasteiger partial charge in [-0.05, 0) is 53.5 Å². The van der Waals surface area contributed by atoms with Gasteiger partial charge < -0.3 is 15.4 Å². The van der Waals surface area contributed by atoms with Crippen molar-refractivity contribution < 1.29 is 9.53 Å². The fraction of sp³-hybridized carbons (Fsp3) is 0.917. The summed E-state index contributed by atoms with van der Waals surface area (Å²) in [5.41, 5.74) is 5.06. The Labute approximate surface area is 98.1 Å². The molecule has 1 saturated heterocycles. The molecule has 4 nitrogen and oxygen atoms in total. The SMILES string of the molecule is CC(C)(C)OC(=O)N1CCCC1(C)CCN. The monoisotopic (exact) mass is 228 g/mol. The van der Waals surface area contributed by atoms with E-state index in [1.807, 2.05) is 25.7 Å². The molecular formula is C12H24N2O2. The van der Waals surface area contributed by atoms with Crippen LogP contribution in [0.1, 0.15) is 47.0 Å². The number of ether oxygens (including phenoxy) is 1. The van der Waals surface area contributed by atoms with Gasteiger partial charge in [-0.3, -0.25) is 0 Å². The third kappa shape index (κ3) is 3.11. The number of carbonyl (C=O) groups is 1. The van der Waals surface area contributed by atoms with Crippen molar-refractivity contribution in [2.24, 2.45) is 5.73 Å². The van der Waals surface area contributed by atoms with Gasteiger partial charge in [0.1, 0.15) is 5.60 Å². The molecule has 1 aliphatic heterocycles. The van der Waals surface area contributed by atoms with Crippen LogP contribution in [0.25, 0.3) is 0 Å². The van der Waals surface area contributed by atoms with Crippen LogP contribution in [0, 0.1) is 0 Å². The topological polar surface area (TPSA) is 55.6 Å². The number of amides is 1. The summed E-state index contributed by atoms with van der Waals surface area (Å²) in [7, 11) is 0. The Morgan fingerprint density at radius 3 is 2.62 bits per heavy atom. The van der Waals surface area contributed by atoms with Crippen LogP contribution in [0.15, 0.2) is 0 Å². The van der Waals surface area contributed by atoms with E-state index < -0.39 is 5.60 Å². The first-order valence-electron chi connectivity index (χ1n) is 5.99. The average molecular weight is 228 g/mol. The number of rotatable bonds is 2. The van der Waals surface area contributed by atoms with Gasteiger partial charge in [-0.1, -0.05) is 0 Å². The number of carbonyl (C=O) groups excluding carboxylic acids is 1. The Balaban J connectivity index is 2.68. The van der Waals surface area contributed by atoms with Crippen LogP contribution in [-0.4, -0.2) is 35.2 Å². The zero-order valence-electron chi connectivity index (χ0n) is 10.9. The standard InChI is InChI=1S/C12H24N2O2/c1-11(2,3)16-10(15)14-9-5-6-12(14,4)7-8-13/h5-9,13H2,1-4H3. The average Bonchev–Trinajstić information content (AvgIpc) is 2.44. The van der Waals surface area contributed by atoms with E-state index in [0.717, 1.165) is 25.8 Å². The fourth-order valence-corrected chi connectivity index (χ4v) is 2.22. The molecule has 4 heteroatoms. The lowest BCUT2D eigenvalue weighted by atomic mass is 9.95. The minimum atomic E-state index is -0.427. The molecule has 0 aromatic carbocycles. The molecule has 2 N–H and O–H groups in total. The highest BCUT2D eigenvalue weighted by molar-refractivity contribution is 5.69. The Hall–Kier alpha value is -0.770. The third-order valence-corrected chi connectivity index (χ3v) is 3.05. The van der Waals surface area contributed by atoms with Crippen molar-refractivity contribution in [1.82, 2.24) is 4.90 Å². The summed E-state index contributed by atoms with van der Waals surface area (Å²) in [4.78, 5) is 13.9. The third-order valence-electron chi connectivity index (χ3n) is 3.05. The molecule has 0 aromatic heterocycles. The van der Waals surface area contributed by atoms with E-state index in [4.69, 9.17) is 10.5 Å². The minimum Gasteiger partial charge on any atom is -0.444 e. The highest BCUT2D eigenvalue weighted by Crippen LogP contribution is 2.32. The lowest BCUT2D eigenvalue weighted by Crippen LogP contribution is -2.48. The molecule has 0 spiro atoms. The maximum atomic E-state index is 12.0. The van der Waals surface area contributed by atoms with Crippen LogP contribution in [0.3, 0.4) is 0 Å². The molecule has 94 valence electrons. The zero-order chi connectivity index (χ0) is 12.4. The number of hydrogen-bond donors (Lipinski definition) is 1. The van der Waals surface area contributed by atoms with Crippen molar-refractivity contribution in [3.8, 4) is 0 Å². The van der Waals surface area contributed by atoms with Crippen molar-refractivity contribution in [2.75, 3.05) is 13.1 Å². The van der Waals surface area contributed by atoms with Crippen molar-refractivity contribution in [1.29, 1.82) is 0 Å². The molecule has 1 amide bonds. The predicted molar refractivity (Wildman–Crippen MR) is 64.3 cm³/mol. The lowest BCUT2D eigenvalue weighted by Gasteiger charge is -2.36. The van der Waals surface area contributed by atoms with Gasteiger partial charge in [0.2, 0.25) is 0 Å². The molecule has 0 radical (unpaired) electrons. The van der Waals surface area contributed by atoms with Crippen LogP contribution < -0.4 is 5.73 Å². The lowest BCUT2D eigenvalue weighted by molar-refractivity contribution is 0.00979. The molecule has 0 aromatic rings. The summed E-state index contributed by atoms with van der Waals surface area (Å²) in [6, 6.07) is 0. The Kier molecular flexibility index (Phi) is 3.84. The van der Waals surface area contributed by atoms with E-state index in [9.17, 15) is 4.79 Å². The second-order valence-corrected chi connectivity index (χ2v) is 5.77. The maximum absolute atomic E-state index is 12.0. The second-order valence-electron chi connectivity index (χ2n) is 5.77. The van der Waals surface area contributed by atoms with Gasteiger partial charge in [0, 0.05) is 12.1 Å². The molecule has 16 heavy (non-hydrogen) atoms. The zero-order valence-corrected chi connectivity index (χ0v) is 10.9. The first kappa shape index (κ1) is 13.3. The van der Waals surface area contributed by atoms with Crippen LogP contribution in [0.5, 0.6) is 0 Å². The summed E-state index contributed by atoms with van der Waals surface area (Å²) in [6.07, 6.45) is 2.69. The minimum absolute atomic E-state index is 0.114. The normalized spacial score (nSPS) is 25.9. The van der Waals surface area contributed by atoms with E-state index in [0.29, 0.717) is 6.54 Å². The maximum Gasteiger partial charge on any atom is 0.410 e. The van der Waals surface area contributed by atoms with Gasteiger partial charge in [0.25, 0.3) is 0 Å². The predicted octanol–water partition coefficient (Wildman–Crippen LogP) is 2.12. The highest BCUT2D eigenvalue weighted by Gasteiger charge is 2.40. The molecule has 1 aliphatic rings. The van der Waals surface area contributed by atoms with Crippen molar-refractivity contribution in [2.45, 2.75) is 58.1 Å². The Bertz CT molecular complexity index is 260. The van der Waals surface area contributed by atoms with Gasteiger partial charge in [0.05, 0.1) is 0 Å².